The van der Waals surface area contributed by atoms with E-state index in [1.54, 1.807) is 7.11 Å². The van der Waals surface area contributed by atoms with Crippen LogP contribution in [-0.4, -0.2) is 38.3 Å². The Balaban J connectivity index is 2.44. The Kier molecular flexibility index (Phi) is 6.52. The molecule has 3 atom stereocenters. The lowest BCUT2D eigenvalue weighted by atomic mass is 9.92. The molecule has 3 unspecified atom stereocenters. The Labute approximate surface area is 104 Å². The highest BCUT2D eigenvalue weighted by Crippen LogP contribution is 2.15. The summed E-state index contributed by atoms with van der Waals surface area (Å²) >= 11 is 0. The van der Waals surface area contributed by atoms with E-state index in [0.717, 1.165) is 25.8 Å². The van der Waals surface area contributed by atoms with Crippen LogP contribution in [0.3, 0.4) is 0 Å². The van der Waals surface area contributed by atoms with Crippen molar-refractivity contribution in [1.29, 1.82) is 0 Å². The highest BCUT2D eigenvalue weighted by molar-refractivity contribution is 5.82. The summed E-state index contributed by atoms with van der Waals surface area (Å²) in [6.07, 6.45) is 4.33. The third kappa shape index (κ3) is 4.64. The summed E-state index contributed by atoms with van der Waals surface area (Å²) in [5.74, 6) is 0.557. The van der Waals surface area contributed by atoms with Crippen LogP contribution in [0, 0.1) is 5.92 Å². The Morgan fingerprint density at radius 3 is 2.94 bits per heavy atom. The number of hydrogen-bond acceptors (Lipinski definition) is 3. The molecule has 100 valence electrons. The van der Waals surface area contributed by atoms with Crippen LogP contribution in [0.5, 0.6) is 0 Å². The number of carbonyl (C=O) groups excluding carboxylic acids is 1. The van der Waals surface area contributed by atoms with Gasteiger partial charge in [0.2, 0.25) is 5.91 Å². The van der Waals surface area contributed by atoms with Gasteiger partial charge in [-0.3, -0.25) is 4.79 Å². The molecule has 2 N–H and O–H groups in total. The second-order valence-electron chi connectivity index (χ2n) is 5.00. The van der Waals surface area contributed by atoms with Gasteiger partial charge in [0.25, 0.3) is 0 Å². The Morgan fingerprint density at radius 2 is 2.35 bits per heavy atom. The van der Waals surface area contributed by atoms with E-state index in [9.17, 15) is 4.79 Å². The standard InChI is InChI=1S/C13H26N2O2/c1-4-6-11(9-17-3)15-13(16)12-10(2)7-5-8-14-12/h10-12,14H,4-9H2,1-3H3,(H,15,16). The van der Waals surface area contributed by atoms with Crippen molar-refractivity contribution in [3.8, 4) is 0 Å². The lowest BCUT2D eigenvalue weighted by molar-refractivity contribution is -0.126. The van der Waals surface area contributed by atoms with Gasteiger partial charge < -0.3 is 15.4 Å². The number of nitrogens with one attached hydrogen (secondary N) is 2. The molecular weight excluding hydrogens is 216 g/mol. The largest absolute Gasteiger partial charge is 0.383 e. The maximum atomic E-state index is 12.1. The summed E-state index contributed by atoms with van der Waals surface area (Å²) in [7, 11) is 1.68. The van der Waals surface area contributed by atoms with Crippen LogP contribution < -0.4 is 10.6 Å². The van der Waals surface area contributed by atoms with Crippen LogP contribution in [-0.2, 0) is 9.53 Å². The molecule has 1 aliphatic rings. The van der Waals surface area contributed by atoms with E-state index in [-0.39, 0.29) is 18.0 Å². The van der Waals surface area contributed by atoms with Crippen LogP contribution in [0.25, 0.3) is 0 Å². The zero-order valence-electron chi connectivity index (χ0n) is 11.3. The molecule has 0 radical (unpaired) electrons. The van der Waals surface area contributed by atoms with Crippen LogP contribution in [0.2, 0.25) is 0 Å². The molecular formula is C13H26N2O2. The van der Waals surface area contributed by atoms with Gasteiger partial charge in [-0.05, 0) is 31.7 Å². The van der Waals surface area contributed by atoms with Gasteiger partial charge in [-0.1, -0.05) is 20.3 Å². The zero-order chi connectivity index (χ0) is 12.7. The molecule has 1 heterocycles. The summed E-state index contributed by atoms with van der Waals surface area (Å²) < 4.78 is 5.14. The van der Waals surface area contributed by atoms with Crippen molar-refractivity contribution >= 4 is 5.91 Å². The van der Waals surface area contributed by atoms with Gasteiger partial charge in [0.1, 0.15) is 0 Å². The quantitative estimate of drug-likeness (QED) is 0.738. The van der Waals surface area contributed by atoms with E-state index in [2.05, 4.69) is 24.5 Å². The Hall–Kier alpha value is -0.610. The van der Waals surface area contributed by atoms with Gasteiger partial charge in [0, 0.05) is 7.11 Å². The average Bonchev–Trinajstić information content (AvgIpc) is 2.30. The van der Waals surface area contributed by atoms with Crippen molar-refractivity contribution in [3.63, 3.8) is 0 Å². The van der Waals surface area contributed by atoms with Gasteiger partial charge in [-0.2, -0.15) is 0 Å². The second kappa shape index (κ2) is 7.67. The summed E-state index contributed by atoms with van der Waals surface area (Å²) in [4.78, 5) is 12.1. The minimum absolute atomic E-state index is 0.0278. The molecule has 1 aliphatic heterocycles. The third-order valence-electron chi connectivity index (χ3n) is 3.40. The van der Waals surface area contributed by atoms with Crippen LogP contribution >= 0.6 is 0 Å². The van der Waals surface area contributed by atoms with Crippen LogP contribution in [0.1, 0.15) is 39.5 Å². The molecule has 4 heteroatoms. The summed E-state index contributed by atoms with van der Waals surface area (Å²) in [5, 5.41) is 6.40. The van der Waals surface area contributed by atoms with Gasteiger partial charge in [-0.15, -0.1) is 0 Å². The van der Waals surface area contributed by atoms with Gasteiger partial charge in [0.15, 0.2) is 0 Å². The molecule has 1 amide bonds. The van der Waals surface area contributed by atoms with E-state index >= 15 is 0 Å². The Morgan fingerprint density at radius 1 is 1.59 bits per heavy atom. The molecule has 0 aliphatic carbocycles. The predicted octanol–water partition coefficient (Wildman–Crippen LogP) is 1.31. The first-order valence-electron chi connectivity index (χ1n) is 6.71. The van der Waals surface area contributed by atoms with Crippen molar-refractivity contribution in [2.75, 3.05) is 20.3 Å². The molecule has 0 bridgehead atoms. The van der Waals surface area contributed by atoms with Gasteiger partial charge in [0.05, 0.1) is 18.7 Å². The smallest absolute Gasteiger partial charge is 0.237 e. The number of amides is 1. The minimum Gasteiger partial charge on any atom is -0.383 e. The predicted molar refractivity (Wildman–Crippen MR) is 68.9 cm³/mol. The second-order valence-corrected chi connectivity index (χ2v) is 5.00. The Bertz CT molecular complexity index is 227. The number of ether oxygens (including phenoxy) is 1. The molecule has 4 nitrogen and oxygen atoms in total. The molecule has 1 fully saturated rings. The van der Waals surface area contributed by atoms with Crippen molar-refractivity contribution in [2.24, 2.45) is 5.92 Å². The highest BCUT2D eigenvalue weighted by Gasteiger charge is 2.28. The minimum atomic E-state index is -0.0278. The average molecular weight is 242 g/mol. The van der Waals surface area contributed by atoms with Crippen molar-refractivity contribution < 1.29 is 9.53 Å². The van der Waals surface area contributed by atoms with Gasteiger partial charge in [-0.25, -0.2) is 0 Å². The number of methoxy groups -OCH3 is 1. The van der Waals surface area contributed by atoms with E-state index in [4.69, 9.17) is 4.74 Å². The molecule has 0 aromatic heterocycles. The molecule has 17 heavy (non-hydrogen) atoms. The molecule has 0 aromatic rings. The monoisotopic (exact) mass is 242 g/mol. The fourth-order valence-electron chi connectivity index (χ4n) is 2.44. The maximum Gasteiger partial charge on any atom is 0.237 e. The van der Waals surface area contributed by atoms with Gasteiger partial charge >= 0.3 is 0 Å². The SMILES string of the molecule is CCCC(COC)NC(=O)C1NCCCC1C. The van der Waals surface area contributed by atoms with Crippen molar-refractivity contribution in [2.45, 2.75) is 51.6 Å². The summed E-state index contributed by atoms with van der Waals surface area (Å²) in [6, 6.07) is 0.119. The van der Waals surface area contributed by atoms with E-state index in [1.807, 2.05) is 0 Å². The molecule has 0 spiro atoms. The lowest BCUT2D eigenvalue weighted by Gasteiger charge is -2.30. The number of carbonyl (C=O) groups is 1. The zero-order valence-corrected chi connectivity index (χ0v) is 11.3. The number of rotatable bonds is 6. The third-order valence-corrected chi connectivity index (χ3v) is 3.40. The summed E-state index contributed by atoms with van der Waals surface area (Å²) in [6.45, 7) is 5.81. The molecule has 1 saturated heterocycles. The first kappa shape index (κ1) is 14.5. The normalized spacial score (nSPS) is 26.5. The van der Waals surface area contributed by atoms with E-state index < -0.39 is 0 Å². The highest BCUT2D eigenvalue weighted by atomic mass is 16.5. The molecule has 0 saturated carbocycles. The van der Waals surface area contributed by atoms with Crippen LogP contribution in [0.4, 0.5) is 0 Å². The lowest BCUT2D eigenvalue weighted by Crippen LogP contribution is -2.53. The van der Waals surface area contributed by atoms with Crippen molar-refractivity contribution in [3.05, 3.63) is 0 Å². The first-order chi connectivity index (χ1) is 8.19. The number of hydrogen-bond donors (Lipinski definition) is 2. The molecule has 0 aromatic carbocycles. The van der Waals surface area contributed by atoms with E-state index in [1.165, 1.54) is 6.42 Å². The maximum absolute atomic E-state index is 12.1. The molecule has 1 rings (SSSR count). The summed E-state index contributed by atoms with van der Waals surface area (Å²) in [5.41, 5.74) is 0. The fraction of sp³-hybridized carbons (Fsp3) is 0.923. The fourth-order valence-corrected chi connectivity index (χ4v) is 2.44. The van der Waals surface area contributed by atoms with Crippen LogP contribution in [0.15, 0.2) is 0 Å². The first-order valence-corrected chi connectivity index (χ1v) is 6.71. The topological polar surface area (TPSA) is 50.4 Å². The number of piperidine rings is 1. The van der Waals surface area contributed by atoms with Crippen molar-refractivity contribution in [1.82, 2.24) is 10.6 Å². The van der Waals surface area contributed by atoms with E-state index in [0.29, 0.717) is 12.5 Å².